The van der Waals surface area contributed by atoms with Crippen molar-refractivity contribution in [2.24, 2.45) is 0 Å². The summed E-state index contributed by atoms with van der Waals surface area (Å²) in [5, 5.41) is 0. The number of ether oxygens (including phenoxy) is 1. The Morgan fingerprint density at radius 2 is 1.79 bits per heavy atom. The molecule has 0 fully saturated rings. The lowest BCUT2D eigenvalue weighted by molar-refractivity contribution is -0.378. The van der Waals surface area contributed by atoms with E-state index in [1.807, 2.05) is 0 Å². The first-order chi connectivity index (χ1) is 6.08. The molecule has 0 radical (unpaired) electrons. The fourth-order valence-electron chi connectivity index (χ4n) is 0.802. The molecule has 0 saturated carbocycles. The molecule has 0 saturated heterocycles. The predicted molar refractivity (Wildman–Crippen MR) is 38.7 cm³/mol. The molecule has 1 rings (SSSR count). The maximum atomic E-state index is 11.6. The van der Waals surface area contributed by atoms with E-state index in [-0.39, 0.29) is 30.6 Å². The van der Waals surface area contributed by atoms with E-state index in [4.69, 9.17) is 0 Å². The van der Waals surface area contributed by atoms with Crippen molar-refractivity contribution >= 4 is 0 Å². The highest BCUT2D eigenvalue weighted by Gasteiger charge is 2.27. The Morgan fingerprint density at radius 3 is 2.29 bits per heavy atom. The Labute approximate surface area is 96.5 Å². The molecule has 1 heterocycles. The third-order valence-corrected chi connectivity index (χ3v) is 1.32. The monoisotopic (exact) mass is 319 g/mol. The third-order valence-electron chi connectivity index (χ3n) is 1.32. The van der Waals surface area contributed by atoms with Crippen LogP contribution in [0.4, 0.5) is 13.2 Å². The van der Waals surface area contributed by atoms with Crippen molar-refractivity contribution < 1.29 is 46.9 Å². The van der Waals surface area contributed by atoms with Gasteiger partial charge in [-0.1, -0.05) is 0 Å². The minimum Gasteiger partial charge on any atom is -1.00 e. The third kappa shape index (κ3) is 6.14. The Kier molecular flexibility index (Phi) is 6.01. The van der Waals surface area contributed by atoms with Gasteiger partial charge in [-0.2, -0.15) is 13.2 Å². The molecule has 0 aliphatic heterocycles. The summed E-state index contributed by atoms with van der Waals surface area (Å²) in [6, 6.07) is 3.33. The summed E-state index contributed by atoms with van der Waals surface area (Å²) in [4.78, 5) is 2.76. The van der Waals surface area contributed by atoms with Crippen LogP contribution >= 0.6 is 0 Å². The molecule has 0 spiro atoms. The largest absolute Gasteiger partial charge is 1.00 e. The van der Waals surface area contributed by atoms with Crippen LogP contribution in [0.1, 0.15) is 5.56 Å². The first kappa shape index (κ1) is 13.6. The minimum atomic E-state index is -4.25. The quantitative estimate of drug-likeness (QED) is 0.628. The Morgan fingerprint density at radius 1 is 1.21 bits per heavy atom. The second-order valence-electron chi connectivity index (χ2n) is 2.52. The van der Waals surface area contributed by atoms with Crippen molar-refractivity contribution in [2.75, 3.05) is 6.61 Å². The van der Waals surface area contributed by atoms with Crippen LogP contribution in [-0.2, 0) is 11.3 Å². The number of aromatic amines is 1. The van der Waals surface area contributed by atoms with Gasteiger partial charge >= 0.3 is 6.18 Å². The average Bonchev–Trinajstić information content (AvgIpc) is 2.04. The standard InChI is InChI=1S/C8H8F3NO.HI/c9-8(10,11)6-13-5-7-1-3-12-4-2-7;/h1-4H,5-6H2;1H. The molecule has 0 aliphatic carbocycles. The lowest BCUT2D eigenvalue weighted by atomic mass is 10.3. The summed E-state index contributed by atoms with van der Waals surface area (Å²) in [5.74, 6) is 0. The predicted octanol–water partition coefficient (Wildman–Crippen LogP) is -1.42. The summed E-state index contributed by atoms with van der Waals surface area (Å²) < 4.78 is 39.3. The van der Waals surface area contributed by atoms with Crippen LogP contribution in [-0.4, -0.2) is 12.8 Å². The highest BCUT2D eigenvalue weighted by Crippen LogP contribution is 2.15. The maximum absolute atomic E-state index is 11.6. The first-order valence-electron chi connectivity index (χ1n) is 3.67. The summed E-state index contributed by atoms with van der Waals surface area (Å²) in [7, 11) is 0. The molecule has 1 N–H and O–H groups in total. The number of alkyl halides is 3. The van der Waals surface area contributed by atoms with E-state index < -0.39 is 12.8 Å². The van der Waals surface area contributed by atoms with Crippen LogP contribution < -0.4 is 29.0 Å². The van der Waals surface area contributed by atoms with E-state index in [0.717, 1.165) is 0 Å². The summed E-state index contributed by atoms with van der Waals surface area (Å²) in [6.07, 6.45) is -0.987. The van der Waals surface area contributed by atoms with Gasteiger partial charge < -0.3 is 28.7 Å². The number of H-pyrrole nitrogens is 1. The molecular formula is C8H9F3INO. The Hall–Kier alpha value is -0.370. The SMILES string of the molecule is FC(F)(F)COCc1cc[nH+]cc1.[I-]. The number of halogens is 4. The van der Waals surface area contributed by atoms with Crippen molar-refractivity contribution in [3.05, 3.63) is 30.1 Å². The second kappa shape index (κ2) is 6.18. The Bertz CT molecular complexity index is 253. The van der Waals surface area contributed by atoms with Crippen molar-refractivity contribution in [1.82, 2.24) is 0 Å². The topological polar surface area (TPSA) is 23.4 Å². The van der Waals surface area contributed by atoms with E-state index in [2.05, 4.69) is 9.72 Å². The average molecular weight is 319 g/mol. The van der Waals surface area contributed by atoms with Gasteiger partial charge in [0.25, 0.3) is 0 Å². The van der Waals surface area contributed by atoms with Gasteiger partial charge in [0.05, 0.1) is 6.61 Å². The van der Waals surface area contributed by atoms with E-state index in [1.54, 1.807) is 24.5 Å². The molecule has 0 aliphatic rings. The second-order valence-corrected chi connectivity index (χ2v) is 2.52. The van der Waals surface area contributed by atoms with Crippen molar-refractivity contribution in [3.8, 4) is 0 Å². The molecule has 0 atom stereocenters. The van der Waals surface area contributed by atoms with Crippen molar-refractivity contribution in [2.45, 2.75) is 12.8 Å². The van der Waals surface area contributed by atoms with Gasteiger partial charge in [-0.05, 0) is 5.56 Å². The molecule has 0 unspecified atom stereocenters. The van der Waals surface area contributed by atoms with E-state index >= 15 is 0 Å². The normalized spacial score (nSPS) is 10.8. The van der Waals surface area contributed by atoms with Crippen molar-refractivity contribution in [1.29, 1.82) is 0 Å². The molecule has 6 heteroatoms. The van der Waals surface area contributed by atoms with E-state index in [9.17, 15) is 13.2 Å². The molecule has 1 aromatic rings. The van der Waals surface area contributed by atoms with Gasteiger partial charge in [-0.25, -0.2) is 4.98 Å². The van der Waals surface area contributed by atoms with Gasteiger partial charge in [0.1, 0.15) is 6.61 Å². The minimum absolute atomic E-state index is 0. The van der Waals surface area contributed by atoms with Gasteiger partial charge in [0, 0.05) is 12.1 Å². The first-order valence-corrected chi connectivity index (χ1v) is 3.67. The van der Waals surface area contributed by atoms with Crippen LogP contribution in [0.5, 0.6) is 0 Å². The van der Waals surface area contributed by atoms with Gasteiger partial charge in [0.2, 0.25) is 0 Å². The smallest absolute Gasteiger partial charge is 0.411 e. The van der Waals surface area contributed by atoms with Gasteiger partial charge in [-0.15, -0.1) is 0 Å². The van der Waals surface area contributed by atoms with Crippen LogP contribution in [0.25, 0.3) is 0 Å². The zero-order valence-electron chi connectivity index (χ0n) is 7.14. The Balaban J connectivity index is 0.00000169. The van der Waals surface area contributed by atoms with Crippen LogP contribution in [0.15, 0.2) is 24.5 Å². The number of aromatic nitrogens is 1. The zero-order chi connectivity index (χ0) is 9.73. The van der Waals surface area contributed by atoms with E-state index in [1.165, 1.54) is 0 Å². The van der Waals surface area contributed by atoms with Gasteiger partial charge in [-0.3, -0.25) is 0 Å². The fourth-order valence-corrected chi connectivity index (χ4v) is 0.802. The van der Waals surface area contributed by atoms with E-state index in [0.29, 0.717) is 5.56 Å². The summed E-state index contributed by atoms with van der Waals surface area (Å²) >= 11 is 0. The molecule has 14 heavy (non-hydrogen) atoms. The number of pyridine rings is 1. The van der Waals surface area contributed by atoms with Crippen LogP contribution in [0.2, 0.25) is 0 Å². The number of hydrogen-bond donors (Lipinski definition) is 0. The molecule has 2 nitrogen and oxygen atoms in total. The van der Waals surface area contributed by atoms with Gasteiger partial charge in [0.15, 0.2) is 12.4 Å². The van der Waals surface area contributed by atoms with Crippen LogP contribution in [0, 0.1) is 0 Å². The number of hydrogen-bond acceptors (Lipinski definition) is 1. The summed E-state index contributed by atoms with van der Waals surface area (Å²) in [6.45, 7) is -1.22. The molecule has 0 amide bonds. The maximum Gasteiger partial charge on any atom is 0.411 e. The summed E-state index contributed by atoms with van der Waals surface area (Å²) in [5.41, 5.74) is 0.711. The lowest BCUT2D eigenvalue weighted by Gasteiger charge is -2.06. The molecular weight excluding hydrogens is 310 g/mol. The number of rotatable bonds is 3. The lowest BCUT2D eigenvalue weighted by Crippen LogP contribution is -3.00. The number of nitrogens with one attached hydrogen (secondary N) is 1. The molecule has 0 bridgehead atoms. The fraction of sp³-hybridized carbons (Fsp3) is 0.375. The molecule has 80 valence electrons. The van der Waals surface area contributed by atoms with Crippen LogP contribution in [0.3, 0.4) is 0 Å². The highest BCUT2D eigenvalue weighted by molar-refractivity contribution is 5.05. The molecule has 1 aromatic heterocycles. The highest BCUT2D eigenvalue weighted by atomic mass is 127. The van der Waals surface area contributed by atoms with Crippen molar-refractivity contribution in [3.63, 3.8) is 0 Å². The zero-order valence-corrected chi connectivity index (χ0v) is 9.30. The molecule has 0 aromatic carbocycles.